The number of guanidine groups is 1. The lowest BCUT2D eigenvalue weighted by Crippen LogP contribution is -2.49. The molecule has 0 saturated carbocycles. The normalized spacial score (nSPS) is 15.0. The molecular formula is C23H37N7O2. The molecule has 1 aromatic carbocycles. The molecule has 0 atom stereocenters. The van der Waals surface area contributed by atoms with E-state index in [2.05, 4.69) is 44.8 Å². The Balaban J connectivity index is 1.60. The van der Waals surface area contributed by atoms with Crippen LogP contribution in [0.5, 0.6) is 11.5 Å². The molecule has 1 aliphatic heterocycles. The third-order valence-corrected chi connectivity index (χ3v) is 5.92. The van der Waals surface area contributed by atoms with Crippen molar-refractivity contribution >= 4 is 11.6 Å². The third kappa shape index (κ3) is 6.27. The van der Waals surface area contributed by atoms with E-state index in [0.29, 0.717) is 12.6 Å². The summed E-state index contributed by atoms with van der Waals surface area (Å²) in [5, 5.41) is 15.5. The van der Waals surface area contributed by atoms with Gasteiger partial charge in [0.1, 0.15) is 23.9 Å². The number of rotatable bonds is 9. The SMILES string of the molecule is CCCCNC(=NCc1nnc(C)n1C)NC1CCN(c2cc(OC)cc(OC)c2)CC1. The van der Waals surface area contributed by atoms with Crippen molar-refractivity contribution in [3.8, 4) is 11.5 Å². The van der Waals surface area contributed by atoms with Gasteiger partial charge < -0.3 is 29.6 Å². The number of anilines is 1. The fourth-order valence-corrected chi connectivity index (χ4v) is 3.72. The Morgan fingerprint density at radius 3 is 2.38 bits per heavy atom. The highest BCUT2D eigenvalue weighted by atomic mass is 16.5. The predicted molar refractivity (Wildman–Crippen MR) is 128 cm³/mol. The number of hydrogen-bond acceptors (Lipinski definition) is 6. The number of ether oxygens (including phenoxy) is 2. The van der Waals surface area contributed by atoms with E-state index in [1.54, 1.807) is 14.2 Å². The van der Waals surface area contributed by atoms with Crippen LogP contribution in [0.25, 0.3) is 0 Å². The monoisotopic (exact) mass is 443 g/mol. The number of unbranched alkanes of at least 4 members (excludes halogenated alkanes) is 1. The summed E-state index contributed by atoms with van der Waals surface area (Å²) in [7, 11) is 5.34. The van der Waals surface area contributed by atoms with Crippen molar-refractivity contribution in [3.63, 3.8) is 0 Å². The van der Waals surface area contributed by atoms with Gasteiger partial charge in [0.15, 0.2) is 11.8 Å². The Morgan fingerprint density at radius 2 is 1.81 bits per heavy atom. The topological polar surface area (TPSA) is 88.8 Å². The first kappa shape index (κ1) is 23.7. The van der Waals surface area contributed by atoms with Gasteiger partial charge in [-0.1, -0.05) is 13.3 Å². The third-order valence-electron chi connectivity index (χ3n) is 5.92. The van der Waals surface area contributed by atoms with Crippen LogP contribution in [-0.4, -0.2) is 60.6 Å². The maximum atomic E-state index is 5.43. The molecule has 0 amide bonds. The Labute approximate surface area is 191 Å². The van der Waals surface area contributed by atoms with Gasteiger partial charge in [-0.25, -0.2) is 4.99 Å². The minimum atomic E-state index is 0.368. The first-order valence-corrected chi connectivity index (χ1v) is 11.4. The molecule has 1 fully saturated rings. The molecule has 2 N–H and O–H groups in total. The summed E-state index contributed by atoms with van der Waals surface area (Å²) in [5.74, 6) is 4.23. The largest absolute Gasteiger partial charge is 0.497 e. The van der Waals surface area contributed by atoms with E-state index in [4.69, 9.17) is 14.5 Å². The van der Waals surface area contributed by atoms with Gasteiger partial charge >= 0.3 is 0 Å². The van der Waals surface area contributed by atoms with Crippen LogP contribution in [0, 0.1) is 6.92 Å². The number of methoxy groups -OCH3 is 2. The molecule has 32 heavy (non-hydrogen) atoms. The van der Waals surface area contributed by atoms with E-state index < -0.39 is 0 Å². The van der Waals surface area contributed by atoms with Crippen molar-refractivity contribution in [2.24, 2.45) is 12.0 Å². The Kier molecular flexibility index (Phi) is 8.58. The number of nitrogens with one attached hydrogen (secondary N) is 2. The van der Waals surface area contributed by atoms with Crippen LogP contribution in [0.1, 0.15) is 44.3 Å². The van der Waals surface area contributed by atoms with Gasteiger partial charge in [-0.15, -0.1) is 10.2 Å². The second-order valence-electron chi connectivity index (χ2n) is 8.14. The second kappa shape index (κ2) is 11.6. The van der Waals surface area contributed by atoms with Crippen molar-refractivity contribution in [3.05, 3.63) is 29.8 Å². The number of benzene rings is 1. The summed E-state index contributed by atoms with van der Waals surface area (Å²) in [4.78, 5) is 7.16. The van der Waals surface area contributed by atoms with Gasteiger partial charge in [-0.3, -0.25) is 0 Å². The number of nitrogens with zero attached hydrogens (tertiary/aromatic N) is 5. The molecule has 0 unspecified atom stereocenters. The quantitative estimate of drug-likeness (QED) is 0.350. The first-order valence-electron chi connectivity index (χ1n) is 11.4. The lowest BCUT2D eigenvalue weighted by molar-refractivity contribution is 0.393. The molecule has 0 aliphatic carbocycles. The van der Waals surface area contributed by atoms with Gasteiger partial charge in [0, 0.05) is 56.6 Å². The summed E-state index contributed by atoms with van der Waals surface area (Å²) in [6.45, 7) is 7.46. The fraction of sp³-hybridized carbons (Fsp3) is 0.609. The molecule has 2 aromatic rings. The fourth-order valence-electron chi connectivity index (χ4n) is 3.72. The lowest BCUT2D eigenvalue weighted by atomic mass is 10.0. The summed E-state index contributed by atoms with van der Waals surface area (Å²) in [6.07, 6.45) is 4.30. The lowest BCUT2D eigenvalue weighted by Gasteiger charge is -2.35. The zero-order valence-electron chi connectivity index (χ0n) is 20.0. The number of aromatic nitrogens is 3. The number of hydrogen-bond donors (Lipinski definition) is 2. The van der Waals surface area contributed by atoms with E-state index in [0.717, 1.165) is 80.1 Å². The number of aliphatic imine (C=N–C) groups is 1. The first-order chi connectivity index (χ1) is 15.5. The van der Waals surface area contributed by atoms with E-state index >= 15 is 0 Å². The van der Waals surface area contributed by atoms with E-state index in [9.17, 15) is 0 Å². The molecule has 1 aromatic heterocycles. The highest BCUT2D eigenvalue weighted by Crippen LogP contribution is 2.30. The molecule has 9 nitrogen and oxygen atoms in total. The highest BCUT2D eigenvalue weighted by Gasteiger charge is 2.21. The molecule has 2 heterocycles. The number of aryl methyl sites for hydroxylation is 1. The predicted octanol–water partition coefficient (Wildman–Crippen LogP) is 2.65. The van der Waals surface area contributed by atoms with Crippen molar-refractivity contribution in [1.82, 2.24) is 25.4 Å². The van der Waals surface area contributed by atoms with Crippen LogP contribution in [0.3, 0.4) is 0 Å². The molecule has 1 aliphatic rings. The zero-order valence-corrected chi connectivity index (χ0v) is 20.0. The van der Waals surface area contributed by atoms with Crippen LogP contribution in [0.15, 0.2) is 23.2 Å². The maximum absolute atomic E-state index is 5.43. The average Bonchev–Trinajstić information content (AvgIpc) is 3.14. The van der Waals surface area contributed by atoms with Crippen LogP contribution >= 0.6 is 0 Å². The molecule has 9 heteroatoms. The zero-order chi connectivity index (χ0) is 22.9. The second-order valence-corrected chi connectivity index (χ2v) is 8.14. The van der Waals surface area contributed by atoms with Gasteiger partial charge in [-0.05, 0) is 26.2 Å². The molecule has 0 radical (unpaired) electrons. The summed E-state index contributed by atoms with van der Waals surface area (Å²) in [6, 6.07) is 6.41. The summed E-state index contributed by atoms with van der Waals surface area (Å²) in [5.41, 5.74) is 1.13. The van der Waals surface area contributed by atoms with E-state index in [-0.39, 0.29) is 0 Å². The number of piperidine rings is 1. The Morgan fingerprint density at radius 1 is 1.12 bits per heavy atom. The van der Waals surface area contributed by atoms with Crippen LogP contribution in [0.4, 0.5) is 5.69 Å². The molecule has 3 rings (SSSR count). The van der Waals surface area contributed by atoms with Crippen molar-refractivity contribution in [2.45, 2.75) is 52.1 Å². The van der Waals surface area contributed by atoms with Crippen LogP contribution in [-0.2, 0) is 13.6 Å². The van der Waals surface area contributed by atoms with Gasteiger partial charge in [-0.2, -0.15) is 0 Å². The van der Waals surface area contributed by atoms with Crippen LogP contribution in [0.2, 0.25) is 0 Å². The molecule has 1 saturated heterocycles. The molecule has 0 bridgehead atoms. The van der Waals surface area contributed by atoms with Gasteiger partial charge in [0.05, 0.1) is 14.2 Å². The minimum absolute atomic E-state index is 0.368. The van der Waals surface area contributed by atoms with Gasteiger partial charge in [0.25, 0.3) is 0 Å². The smallest absolute Gasteiger partial charge is 0.191 e. The van der Waals surface area contributed by atoms with Crippen LogP contribution < -0.4 is 25.0 Å². The standard InChI is InChI=1S/C23H37N7O2/c1-6-7-10-24-23(25-16-22-28-27-17(2)29(22)3)26-18-8-11-30(12-9-18)19-13-20(31-4)15-21(14-19)32-5/h13-15,18H,6-12,16H2,1-5H3,(H2,24,25,26). The van der Waals surface area contributed by atoms with Crippen molar-refractivity contribution < 1.29 is 9.47 Å². The molecule has 0 spiro atoms. The van der Waals surface area contributed by atoms with Crippen molar-refractivity contribution in [2.75, 3.05) is 38.8 Å². The maximum Gasteiger partial charge on any atom is 0.191 e. The summed E-state index contributed by atoms with van der Waals surface area (Å²) >= 11 is 0. The van der Waals surface area contributed by atoms with Gasteiger partial charge in [0.2, 0.25) is 0 Å². The summed E-state index contributed by atoms with van der Waals surface area (Å²) < 4.78 is 12.8. The van der Waals surface area contributed by atoms with E-state index in [1.165, 1.54) is 0 Å². The minimum Gasteiger partial charge on any atom is -0.497 e. The Bertz CT molecular complexity index is 866. The molecular weight excluding hydrogens is 406 g/mol. The highest BCUT2D eigenvalue weighted by molar-refractivity contribution is 5.80. The van der Waals surface area contributed by atoms with Crippen molar-refractivity contribution in [1.29, 1.82) is 0 Å². The van der Waals surface area contributed by atoms with E-state index in [1.807, 2.05) is 24.6 Å². The Hall–Kier alpha value is -2.97. The molecule has 176 valence electrons. The average molecular weight is 444 g/mol.